The SMILES string of the molecule is CCCCOO.CCC[CH2][Sn]. The molecule has 0 aliphatic heterocycles. The molecular weight excluding hydrogens is 247 g/mol. The van der Waals surface area contributed by atoms with Gasteiger partial charge in [-0.25, -0.2) is 4.89 Å². The van der Waals surface area contributed by atoms with Gasteiger partial charge in [-0.15, -0.1) is 0 Å². The average molecular weight is 266 g/mol. The first-order chi connectivity index (χ1) is 5.33. The quantitative estimate of drug-likeness (QED) is 0.358. The van der Waals surface area contributed by atoms with Crippen molar-refractivity contribution in [2.45, 2.75) is 44.0 Å². The van der Waals surface area contributed by atoms with Crippen LogP contribution < -0.4 is 0 Å². The standard InChI is InChI=1S/C4H10O2.C4H9.Sn/c1-2-3-4-6-5;1-3-4-2;/h5H,2-4H2,1H3;1,3-4H2,2H3;. The molecule has 1 N–H and O–H groups in total. The van der Waals surface area contributed by atoms with Crippen LogP contribution in [-0.2, 0) is 4.89 Å². The van der Waals surface area contributed by atoms with Crippen molar-refractivity contribution >= 4 is 22.5 Å². The van der Waals surface area contributed by atoms with E-state index in [1.54, 1.807) is 22.5 Å². The molecule has 0 aromatic rings. The second-order valence-corrected chi connectivity index (χ2v) is 3.72. The van der Waals surface area contributed by atoms with Crippen LogP contribution in [0.15, 0.2) is 0 Å². The van der Waals surface area contributed by atoms with E-state index in [9.17, 15) is 0 Å². The molecule has 0 aliphatic carbocycles. The maximum absolute atomic E-state index is 7.70. The van der Waals surface area contributed by atoms with E-state index in [-0.39, 0.29) is 0 Å². The molecule has 0 aliphatic rings. The summed E-state index contributed by atoms with van der Waals surface area (Å²) in [5.74, 6) is 0. The number of hydrogen-bond donors (Lipinski definition) is 1. The van der Waals surface area contributed by atoms with E-state index in [4.69, 9.17) is 5.26 Å². The summed E-state index contributed by atoms with van der Waals surface area (Å²) in [6, 6.07) is 0. The molecule has 0 spiro atoms. The van der Waals surface area contributed by atoms with Crippen LogP contribution in [0.4, 0.5) is 0 Å². The number of hydrogen-bond acceptors (Lipinski definition) is 2. The second-order valence-electron chi connectivity index (χ2n) is 2.29. The first-order valence-electron chi connectivity index (χ1n) is 4.24. The van der Waals surface area contributed by atoms with Crippen molar-refractivity contribution in [3.05, 3.63) is 0 Å². The monoisotopic (exact) mass is 267 g/mol. The van der Waals surface area contributed by atoms with Crippen LogP contribution in [0.2, 0.25) is 4.44 Å². The van der Waals surface area contributed by atoms with Crippen molar-refractivity contribution in [1.29, 1.82) is 0 Å². The van der Waals surface area contributed by atoms with Crippen LogP contribution >= 0.6 is 0 Å². The Morgan fingerprint density at radius 2 is 1.73 bits per heavy atom. The van der Waals surface area contributed by atoms with Crippen LogP contribution in [0.25, 0.3) is 0 Å². The molecule has 3 radical (unpaired) electrons. The summed E-state index contributed by atoms with van der Waals surface area (Å²) in [4.78, 5) is 3.78. The molecule has 0 amide bonds. The van der Waals surface area contributed by atoms with Gasteiger partial charge in [0.1, 0.15) is 0 Å². The zero-order valence-electron chi connectivity index (χ0n) is 7.60. The van der Waals surface area contributed by atoms with Crippen molar-refractivity contribution in [3.63, 3.8) is 0 Å². The Hall–Kier alpha value is 0.719. The Kier molecular flexibility index (Phi) is 22.0. The molecular formula is C8H19O2Sn. The van der Waals surface area contributed by atoms with Crippen molar-refractivity contribution in [3.8, 4) is 0 Å². The molecule has 0 saturated carbocycles. The topological polar surface area (TPSA) is 29.5 Å². The van der Waals surface area contributed by atoms with Gasteiger partial charge in [0.15, 0.2) is 0 Å². The van der Waals surface area contributed by atoms with Gasteiger partial charge in [0, 0.05) is 0 Å². The van der Waals surface area contributed by atoms with E-state index in [2.05, 4.69) is 11.8 Å². The summed E-state index contributed by atoms with van der Waals surface area (Å²) in [6.07, 6.45) is 4.81. The first-order valence-corrected chi connectivity index (χ1v) is 6.26. The Morgan fingerprint density at radius 1 is 1.18 bits per heavy atom. The van der Waals surface area contributed by atoms with E-state index in [0.29, 0.717) is 6.61 Å². The third-order valence-electron chi connectivity index (χ3n) is 1.12. The van der Waals surface area contributed by atoms with E-state index in [0.717, 1.165) is 12.8 Å². The van der Waals surface area contributed by atoms with Gasteiger partial charge in [0.05, 0.1) is 6.61 Å². The Morgan fingerprint density at radius 3 is 1.82 bits per heavy atom. The normalized spacial score (nSPS) is 8.73. The molecule has 11 heavy (non-hydrogen) atoms. The van der Waals surface area contributed by atoms with Crippen LogP contribution in [-0.4, -0.2) is 34.4 Å². The summed E-state index contributed by atoms with van der Waals surface area (Å²) in [5, 5.41) is 7.70. The second kappa shape index (κ2) is 17.0. The molecule has 0 unspecified atom stereocenters. The molecule has 0 bridgehead atoms. The van der Waals surface area contributed by atoms with E-state index in [1.165, 1.54) is 17.3 Å². The van der Waals surface area contributed by atoms with Gasteiger partial charge >= 0.3 is 46.7 Å². The van der Waals surface area contributed by atoms with Crippen molar-refractivity contribution in [2.24, 2.45) is 0 Å². The molecule has 2 nitrogen and oxygen atoms in total. The summed E-state index contributed by atoms with van der Waals surface area (Å²) in [5.41, 5.74) is 0. The summed E-state index contributed by atoms with van der Waals surface area (Å²) in [6.45, 7) is 4.74. The van der Waals surface area contributed by atoms with E-state index in [1.807, 2.05) is 6.92 Å². The van der Waals surface area contributed by atoms with Crippen LogP contribution in [0.3, 0.4) is 0 Å². The van der Waals surface area contributed by atoms with Crippen molar-refractivity contribution in [1.82, 2.24) is 0 Å². The summed E-state index contributed by atoms with van der Waals surface area (Å²) in [7, 11) is 0. The zero-order valence-corrected chi connectivity index (χ0v) is 10.5. The van der Waals surface area contributed by atoms with Gasteiger partial charge in [-0.2, -0.15) is 0 Å². The average Bonchev–Trinajstić information content (AvgIpc) is 2.04. The Balaban J connectivity index is 0. The third kappa shape index (κ3) is 24.9. The van der Waals surface area contributed by atoms with Crippen LogP contribution in [0.5, 0.6) is 0 Å². The predicted molar refractivity (Wildman–Crippen MR) is 49.0 cm³/mol. The molecule has 0 aromatic carbocycles. The van der Waals surface area contributed by atoms with Gasteiger partial charge in [-0.3, -0.25) is 5.26 Å². The molecule has 0 rings (SSSR count). The first kappa shape index (κ1) is 14.3. The van der Waals surface area contributed by atoms with E-state index >= 15 is 0 Å². The van der Waals surface area contributed by atoms with Gasteiger partial charge in [0.2, 0.25) is 0 Å². The van der Waals surface area contributed by atoms with Crippen molar-refractivity contribution < 1.29 is 10.1 Å². The summed E-state index contributed by atoms with van der Waals surface area (Å²) < 4.78 is 1.43. The minimum atomic E-state index is 0.469. The predicted octanol–water partition coefficient (Wildman–Crippen LogP) is 2.65. The molecule has 67 valence electrons. The maximum atomic E-state index is 7.70. The van der Waals surface area contributed by atoms with E-state index < -0.39 is 0 Å². The fraction of sp³-hybridized carbons (Fsp3) is 1.00. The molecule has 0 saturated heterocycles. The summed E-state index contributed by atoms with van der Waals surface area (Å²) >= 11 is 1.68. The van der Waals surface area contributed by atoms with Crippen molar-refractivity contribution in [2.75, 3.05) is 6.61 Å². The molecule has 3 heteroatoms. The molecule has 0 fully saturated rings. The van der Waals surface area contributed by atoms with Crippen LogP contribution in [0.1, 0.15) is 39.5 Å². The van der Waals surface area contributed by atoms with Gasteiger partial charge in [-0.1, -0.05) is 13.3 Å². The Labute approximate surface area is 83.3 Å². The fourth-order valence-electron chi connectivity index (χ4n) is 0.386. The van der Waals surface area contributed by atoms with Crippen LogP contribution in [0, 0.1) is 0 Å². The molecule has 0 aromatic heterocycles. The molecule has 0 heterocycles. The Bertz CT molecular complexity index is 45.4. The zero-order chi connectivity index (χ0) is 8.95. The number of rotatable bonds is 5. The fourth-order valence-corrected chi connectivity index (χ4v) is 1.39. The molecule has 0 atom stereocenters. The third-order valence-corrected chi connectivity index (χ3v) is 2.13. The minimum absolute atomic E-state index is 0.469. The van der Waals surface area contributed by atoms with Gasteiger partial charge < -0.3 is 0 Å². The number of unbranched alkanes of at least 4 members (excludes halogenated alkanes) is 2. The van der Waals surface area contributed by atoms with Gasteiger partial charge in [-0.05, 0) is 6.42 Å². The van der Waals surface area contributed by atoms with Gasteiger partial charge in [0.25, 0.3) is 0 Å².